The summed E-state index contributed by atoms with van der Waals surface area (Å²) >= 11 is 0. The normalized spacial score (nSPS) is 20.6. The van der Waals surface area contributed by atoms with E-state index in [0.717, 1.165) is 0 Å². The number of rotatable bonds is 2. The minimum atomic E-state index is -1.13. The number of carboxylic acids is 1. The second kappa shape index (κ2) is 3.36. The van der Waals surface area contributed by atoms with Crippen molar-refractivity contribution in [2.24, 2.45) is 5.73 Å². The number of amides is 1. The molecular weight excluding hydrogens is 196 g/mol. The molecule has 1 aliphatic heterocycles. The molecule has 0 aromatic heterocycles. The minimum absolute atomic E-state index is 0.271. The Kier molecular flexibility index (Phi) is 2.17. The fourth-order valence-corrected chi connectivity index (χ4v) is 1.70. The SMILES string of the molecule is N[C@@H](C(=O)O)[C@H]1NC(=O)c2ccccc21. The van der Waals surface area contributed by atoms with Gasteiger partial charge in [-0.1, -0.05) is 18.2 Å². The number of aliphatic carboxylic acids is 1. The molecule has 15 heavy (non-hydrogen) atoms. The number of hydrogen-bond acceptors (Lipinski definition) is 3. The Morgan fingerprint density at radius 2 is 2.13 bits per heavy atom. The maximum Gasteiger partial charge on any atom is 0.322 e. The lowest BCUT2D eigenvalue weighted by Gasteiger charge is -2.15. The number of carbonyl (C=O) groups excluding carboxylic acids is 1. The number of fused-ring (bicyclic) bond motifs is 1. The quantitative estimate of drug-likeness (QED) is 0.629. The van der Waals surface area contributed by atoms with Crippen LogP contribution in [0, 0.1) is 0 Å². The van der Waals surface area contributed by atoms with Crippen molar-refractivity contribution in [3.05, 3.63) is 35.4 Å². The van der Waals surface area contributed by atoms with Crippen molar-refractivity contribution < 1.29 is 14.7 Å². The monoisotopic (exact) mass is 206 g/mol. The highest BCUT2D eigenvalue weighted by Crippen LogP contribution is 2.26. The molecule has 1 amide bonds. The zero-order valence-corrected chi connectivity index (χ0v) is 7.81. The molecule has 0 saturated heterocycles. The predicted octanol–water partition coefficient (Wildman–Crippen LogP) is -0.117. The summed E-state index contributed by atoms with van der Waals surface area (Å²) in [5.41, 5.74) is 6.63. The van der Waals surface area contributed by atoms with Gasteiger partial charge in [0.25, 0.3) is 5.91 Å². The van der Waals surface area contributed by atoms with E-state index in [9.17, 15) is 9.59 Å². The van der Waals surface area contributed by atoms with Crippen molar-refractivity contribution in [1.29, 1.82) is 0 Å². The van der Waals surface area contributed by atoms with Gasteiger partial charge in [0, 0.05) is 5.56 Å². The number of nitrogens with two attached hydrogens (primary N) is 1. The first-order valence-electron chi connectivity index (χ1n) is 4.49. The van der Waals surface area contributed by atoms with Gasteiger partial charge in [-0.15, -0.1) is 0 Å². The van der Waals surface area contributed by atoms with Gasteiger partial charge in [0.05, 0.1) is 6.04 Å². The van der Waals surface area contributed by atoms with Crippen LogP contribution in [0.25, 0.3) is 0 Å². The van der Waals surface area contributed by atoms with Crippen LogP contribution in [0.1, 0.15) is 22.0 Å². The van der Waals surface area contributed by atoms with E-state index in [2.05, 4.69) is 5.32 Å². The molecule has 5 heteroatoms. The van der Waals surface area contributed by atoms with Gasteiger partial charge in [-0.05, 0) is 11.6 Å². The average Bonchev–Trinajstić information content (AvgIpc) is 2.56. The molecule has 1 aromatic rings. The Bertz CT molecular complexity index is 430. The van der Waals surface area contributed by atoms with Gasteiger partial charge in [0.1, 0.15) is 6.04 Å². The molecule has 1 aromatic carbocycles. The van der Waals surface area contributed by atoms with Crippen molar-refractivity contribution in [3.8, 4) is 0 Å². The van der Waals surface area contributed by atoms with Gasteiger partial charge in [0.15, 0.2) is 0 Å². The lowest BCUT2D eigenvalue weighted by atomic mass is 10.00. The van der Waals surface area contributed by atoms with Crippen molar-refractivity contribution >= 4 is 11.9 Å². The summed E-state index contributed by atoms with van der Waals surface area (Å²) in [6.07, 6.45) is 0. The molecule has 0 aliphatic carbocycles. The summed E-state index contributed by atoms with van der Waals surface area (Å²) in [7, 11) is 0. The minimum Gasteiger partial charge on any atom is -0.480 e. The second-order valence-corrected chi connectivity index (χ2v) is 3.40. The van der Waals surface area contributed by atoms with Gasteiger partial charge >= 0.3 is 5.97 Å². The Labute approximate surface area is 85.9 Å². The second-order valence-electron chi connectivity index (χ2n) is 3.40. The summed E-state index contributed by atoms with van der Waals surface area (Å²) in [4.78, 5) is 22.2. The summed E-state index contributed by atoms with van der Waals surface area (Å²) in [6.45, 7) is 0. The van der Waals surface area contributed by atoms with E-state index in [1.165, 1.54) is 0 Å². The first kappa shape index (κ1) is 9.67. The molecule has 4 N–H and O–H groups in total. The molecule has 1 heterocycles. The smallest absolute Gasteiger partial charge is 0.322 e. The van der Waals surface area contributed by atoms with E-state index in [1.54, 1.807) is 24.3 Å². The lowest BCUT2D eigenvalue weighted by Crippen LogP contribution is -2.41. The fraction of sp³-hybridized carbons (Fsp3) is 0.200. The van der Waals surface area contributed by atoms with E-state index in [0.29, 0.717) is 11.1 Å². The molecule has 1 aliphatic rings. The summed E-state index contributed by atoms with van der Waals surface area (Å²) in [6, 6.07) is 5.09. The Morgan fingerprint density at radius 1 is 1.47 bits per heavy atom. The molecule has 0 fully saturated rings. The zero-order chi connectivity index (χ0) is 11.0. The van der Waals surface area contributed by atoms with E-state index in [-0.39, 0.29) is 5.91 Å². The van der Waals surface area contributed by atoms with Crippen LogP contribution in [0.3, 0.4) is 0 Å². The largest absolute Gasteiger partial charge is 0.480 e. The number of nitrogens with one attached hydrogen (secondary N) is 1. The zero-order valence-electron chi connectivity index (χ0n) is 7.81. The van der Waals surface area contributed by atoms with Crippen molar-refractivity contribution in [3.63, 3.8) is 0 Å². The molecule has 0 bridgehead atoms. The first-order chi connectivity index (χ1) is 7.11. The Morgan fingerprint density at radius 3 is 2.80 bits per heavy atom. The van der Waals surface area contributed by atoms with Crippen LogP contribution in [0.5, 0.6) is 0 Å². The molecule has 2 rings (SSSR count). The maximum atomic E-state index is 11.4. The highest BCUT2D eigenvalue weighted by Gasteiger charge is 2.35. The van der Waals surface area contributed by atoms with E-state index in [1.807, 2.05) is 0 Å². The first-order valence-corrected chi connectivity index (χ1v) is 4.49. The van der Waals surface area contributed by atoms with Crippen LogP contribution in [0.15, 0.2) is 24.3 Å². The van der Waals surface area contributed by atoms with Crippen molar-refractivity contribution in [2.45, 2.75) is 12.1 Å². The molecule has 0 spiro atoms. The Balaban J connectivity index is 2.40. The topological polar surface area (TPSA) is 92.4 Å². The van der Waals surface area contributed by atoms with E-state index < -0.39 is 18.1 Å². The van der Waals surface area contributed by atoms with E-state index >= 15 is 0 Å². The number of carboxylic acid groups (broad SMARTS) is 1. The van der Waals surface area contributed by atoms with Crippen LogP contribution in [0.2, 0.25) is 0 Å². The van der Waals surface area contributed by atoms with Crippen LogP contribution in [0.4, 0.5) is 0 Å². The van der Waals surface area contributed by atoms with Crippen molar-refractivity contribution in [2.75, 3.05) is 0 Å². The summed E-state index contributed by atoms with van der Waals surface area (Å²) < 4.78 is 0. The third-order valence-corrected chi connectivity index (χ3v) is 2.47. The third-order valence-electron chi connectivity index (χ3n) is 2.47. The number of hydrogen-bond donors (Lipinski definition) is 3. The van der Waals surface area contributed by atoms with Gasteiger partial charge in [-0.25, -0.2) is 0 Å². The molecule has 78 valence electrons. The van der Waals surface area contributed by atoms with Crippen molar-refractivity contribution in [1.82, 2.24) is 5.32 Å². The molecule has 0 radical (unpaired) electrons. The average molecular weight is 206 g/mol. The molecule has 0 saturated carbocycles. The van der Waals surface area contributed by atoms with Gasteiger partial charge in [-0.2, -0.15) is 0 Å². The van der Waals surface area contributed by atoms with Crippen LogP contribution < -0.4 is 11.1 Å². The fourth-order valence-electron chi connectivity index (χ4n) is 1.70. The van der Waals surface area contributed by atoms with Gasteiger partial charge < -0.3 is 16.2 Å². The molecule has 2 atom stereocenters. The number of benzene rings is 1. The van der Waals surface area contributed by atoms with E-state index in [4.69, 9.17) is 10.8 Å². The Hall–Kier alpha value is -1.88. The van der Waals surface area contributed by atoms with Crippen LogP contribution >= 0.6 is 0 Å². The molecule has 5 nitrogen and oxygen atoms in total. The molecular formula is C10H10N2O3. The highest BCUT2D eigenvalue weighted by molar-refractivity contribution is 6.00. The standard InChI is InChI=1S/C10H10N2O3/c11-7(10(14)15)8-5-3-1-2-4-6(5)9(13)12-8/h1-4,7-8H,11H2,(H,12,13)(H,14,15)/t7-,8+/m1/s1. The number of carbonyl (C=O) groups is 2. The third kappa shape index (κ3) is 1.46. The van der Waals surface area contributed by atoms with Gasteiger partial charge in [0.2, 0.25) is 0 Å². The predicted molar refractivity (Wildman–Crippen MR) is 52.3 cm³/mol. The van der Waals surface area contributed by atoms with Crippen LogP contribution in [-0.2, 0) is 4.79 Å². The lowest BCUT2D eigenvalue weighted by molar-refractivity contribution is -0.139. The summed E-state index contributed by atoms with van der Waals surface area (Å²) in [5.74, 6) is -1.40. The molecule has 0 unspecified atom stereocenters. The van der Waals surface area contributed by atoms with Crippen LogP contribution in [-0.4, -0.2) is 23.0 Å². The van der Waals surface area contributed by atoms with Gasteiger partial charge in [-0.3, -0.25) is 9.59 Å². The summed E-state index contributed by atoms with van der Waals surface area (Å²) in [5, 5.41) is 11.3. The highest BCUT2D eigenvalue weighted by atomic mass is 16.4. The maximum absolute atomic E-state index is 11.4.